The minimum atomic E-state index is 0.0294. The van der Waals surface area contributed by atoms with Crippen LogP contribution in [0.3, 0.4) is 0 Å². The second-order valence-corrected chi connectivity index (χ2v) is 3.53. The van der Waals surface area contributed by atoms with Gasteiger partial charge in [0.1, 0.15) is 0 Å². The molecular formula is C10H13N3O2. The molecule has 0 aliphatic carbocycles. The Balaban J connectivity index is 1.96. The van der Waals surface area contributed by atoms with Crippen LogP contribution in [0.1, 0.15) is 10.4 Å². The van der Waals surface area contributed by atoms with Gasteiger partial charge in [-0.05, 0) is 6.07 Å². The monoisotopic (exact) mass is 207 g/mol. The molecule has 1 aromatic heterocycles. The third kappa shape index (κ3) is 2.01. The highest BCUT2D eigenvalue weighted by molar-refractivity contribution is 5.94. The van der Waals surface area contributed by atoms with Gasteiger partial charge in [0.15, 0.2) is 0 Å². The van der Waals surface area contributed by atoms with Crippen LogP contribution in [0.2, 0.25) is 0 Å². The molecule has 15 heavy (non-hydrogen) atoms. The van der Waals surface area contributed by atoms with Gasteiger partial charge in [-0.1, -0.05) is 0 Å². The van der Waals surface area contributed by atoms with Gasteiger partial charge in [-0.15, -0.1) is 0 Å². The zero-order valence-electron chi connectivity index (χ0n) is 8.35. The van der Waals surface area contributed by atoms with Gasteiger partial charge in [0.25, 0.3) is 5.91 Å². The molecular weight excluding hydrogens is 194 g/mol. The summed E-state index contributed by atoms with van der Waals surface area (Å²) in [7, 11) is 0. The molecule has 2 amide bonds. The molecule has 1 aliphatic heterocycles. The first kappa shape index (κ1) is 9.76. The first-order chi connectivity index (χ1) is 7.31. The summed E-state index contributed by atoms with van der Waals surface area (Å²) in [6.45, 7) is 2.48. The largest absolute Gasteiger partial charge is 0.367 e. The SMILES string of the molecule is O=CN1CCN(C(=O)c2cc[nH]c2)CC1. The van der Waals surface area contributed by atoms with E-state index in [0.717, 1.165) is 6.41 Å². The Morgan fingerprint density at radius 2 is 2.07 bits per heavy atom. The van der Waals surface area contributed by atoms with Gasteiger partial charge in [-0.25, -0.2) is 0 Å². The lowest BCUT2D eigenvalue weighted by Gasteiger charge is -2.32. The van der Waals surface area contributed by atoms with Crippen molar-refractivity contribution in [1.29, 1.82) is 0 Å². The van der Waals surface area contributed by atoms with Crippen molar-refractivity contribution in [3.63, 3.8) is 0 Å². The Morgan fingerprint density at radius 1 is 1.33 bits per heavy atom. The summed E-state index contributed by atoms with van der Waals surface area (Å²) in [5.74, 6) is 0.0294. The average molecular weight is 207 g/mol. The number of aromatic amines is 1. The Bertz CT molecular complexity index is 340. The molecule has 1 aromatic rings. The second kappa shape index (κ2) is 4.16. The number of amides is 2. The summed E-state index contributed by atoms with van der Waals surface area (Å²) in [6, 6.07) is 1.76. The van der Waals surface area contributed by atoms with E-state index in [-0.39, 0.29) is 5.91 Å². The summed E-state index contributed by atoms with van der Waals surface area (Å²) in [5, 5.41) is 0. The molecule has 2 rings (SSSR count). The van der Waals surface area contributed by atoms with Crippen molar-refractivity contribution in [3.05, 3.63) is 24.0 Å². The first-order valence-electron chi connectivity index (χ1n) is 4.92. The van der Waals surface area contributed by atoms with Crippen LogP contribution in [0.15, 0.2) is 18.5 Å². The Hall–Kier alpha value is -1.78. The second-order valence-electron chi connectivity index (χ2n) is 3.53. The van der Waals surface area contributed by atoms with Crippen molar-refractivity contribution in [3.8, 4) is 0 Å². The predicted molar refractivity (Wildman–Crippen MR) is 54.3 cm³/mol. The van der Waals surface area contributed by atoms with E-state index < -0.39 is 0 Å². The fraction of sp³-hybridized carbons (Fsp3) is 0.400. The van der Waals surface area contributed by atoms with E-state index in [1.165, 1.54) is 0 Å². The van der Waals surface area contributed by atoms with Crippen LogP contribution in [0.5, 0.6) is 0 Å². The molecule has 0 saturated carbocycles. The molecule has 0 radical (unpaired) electrons. The molecule has 0 atom stereocenters. The lowest BCUT2D eigenvalue weighted by atomic mass is 10.2. The zero-order valence-corrected chi connectivity index (χ0v) is 8.35. The van der Waals surface area contributed by atoms with Crippen molar-refractivity contribution in [2.24, 2.45) is 0 Å². The highest BCUT2D eigenvalue weighted by atomic mass is 16.2. The summed E-state index contributed by atoms with van der Waals surface area (Å²) < 4.78 is 0. The minimum Gasteiger partial charge on any atom is -0.367 e. The molecule has 80 valence electrons. The molecule has 1 fully saturated rings. The van der Waals surface area contributed by atoms with Crippen molar-refractivity contribution in [2.45, 2.75) is 0 Å². The van der Waals surface area contributed by atoms with Crippen LogP contribution >= 0.6 is 0 Å². The molecule has 0 aromatic carbocycles. The lowest BCUT2D eigenvalue weighted by Crippen LogP contribution is -2.48. The van der Waals surface area contributed by atoms with Gasteiger partial charge in [-0.3, -0.25) is 9.59 Å². The van der Waals surface area contributed by atoms with E-state index in [9.17, 15) is 9.59 Å². The topological polar surface area (TPSA) is 56.4 Å². The van der Waals surface area contributed by atoms with Crippen LogP contribution in [0.25, 0.3) is 0 Å². The summed E-state index contributed by atoms with van der Waals surface area (Å²) >= 11 is 0. The third-order valence-electron chi connectivity index (χ3n) is 2.60. The van der Waals surface area contributed by atoms with Crippen molar-refractivity contribution in [1.82, 2.24) is 14.8 Å². The van der Waals surface area contributed by atoms with E-state index in [2.05, 4.69) is 4.98 Å². The number of hydrogen-bond acceptors (Lipinski definition) is 2. The molecule has 5 heteroatoms. The number of aromatic nitrogens is 1. The van der Waals surface area contributed by atoms with E-state index in [0.29, 0.717) is 31.7 Å². The molecule has 1 saturated heterocycles. The van der Waals surface area contributed by atoms with E-state index in [4.69, 9.17) is 0 Å². The summed E-state index contributed by atoms with van der Waals surface area (Å²) in [4.78, 5) is 28.6. The smallest absolute Gasteiger partial charge is 0.255 e. The highest BCUT2D eigenvalue weighted by Crippen LogP contribution is 2.06. The predicted octanol–water partition coefficient (Wildman–Crippen LogP) is -0.0711. The number of nitrogens with zero attached hydrogens (tertiary/aromatic N) is 2. The van der Waals surface area contributed by atoms with Crippen LogP contribution < -0.4 is 0 Å². The maximum Gasteiger partial charge on any atom is 0.255 e. The van der Waals surface area contributed by atoms with Crippen molar-refractivity contribution in [2.75, 3.05) is 26.2 Å². The maximum atomic E-state index is 11.9. The fourth-order valence-electron chi connectivity index (χ4n) is 1.67. The molecule has 0 spiro atoms. The number of carbonyl (C=O) groups excluding carboxylic acids is 2. The summed E-state index contributed by atoms with van der Waals surface area (Å²) in [5.41, 5.74) is 0.676. The van der Waals surface area contributed by atoms with E-state index in [1.807, 2.05) is 0 Å². The molecule has 0 unspecified atom stereocenters. The number of piperazine rings is 1. The normalized spacial score (nSPS) is 16.5. The summed E-state index contributed by atoms with van der Waals surface area (Å²) in [6.07, 6.45) is 4.25. The van der Waals surface area contributed by atoms with Gasteiger partial charge < -0.3 is 14.8 Å². The van der Waals surface area contributed by atoms with Crippen LogP contribution in [0.4, 0.5) is 0 Å². The zero-order chi connectivity index (χ0) is 10.7. The van der Waals surface area contributed by atoms with Crippen LogP contribution in [-0.4, -0.2) is 53.3 Å². The minimum absolute atomic E-state index is 0.0294. The van der Waals surface area contributed by atoms with Gasteiger partial charge in [-0.2, -0.15) is 0 Å². The van der Waals surface area contributed by atoms with E-state index >= 15 is 0 Å². The van der Waals surface area contributed by atoms with Crippen molar-refractivity contribution >= 4 is 12.3 Å². The maximum absolute atomic E-state index is 11.9. The number of hydrogen-bond donors (Lipinski definition) is 1. The van der Waals surface area contributed by atoms with Crippen LogP contribution in [-0.2, 0) is 4.79 Å². The van der Waals surface area contributed by atoms with Gasteiger partial charge in [0.05, 0.1) is 5.56 Å². The Kier molecular flexibility index (Phi) is 2.71. The number of rotatable bonds is 2. The highest BCUT2D eigenvalue weighted by Gasteiger charge is 2.21. The average Bonchev–Trinajstić information content (AvgIpc) is 2.82. The first-order valence-corrected chi connectivity index (χ1v) is 4.92. The van der Waals surface area contributed by atoms with Gasteiger partial charge in [0.2, 0.25) is 6.41 Å². The molecule has 5 nitrogen and oxygen atoms in total. The standard InChI is InChI=1S/C10H13N3O2/c14-8-12-3-5-13(6-4-12)10(15)9-1-2-11-7-9/h1-2,7-8,11H,3-6H2. The van der Waals surface area contributed by atoms with Crippen molar-refractivity contribution < 1.29 is 9.59 Å². The van der Waals surface area contributed by atoms with Gasteiger partial charge >= 0.3 is 0 Å². The molecule has 1 aliphatic rings. The molecule has 2 heterocycles. The Labute approximate surface area is 87.7 Å². The van der Waals surface area contributed by atoms with Crippen LogP contribution in [0, 0.1) is 0 Å². The number of nitrogens with one attached hydrogen (secondary N) is 1. The number of carbonyl (C=O) groups is 2. The van der Waals surface area contributed by atoms with Gasteiger partial charge in [0, 0.05) is 38.6 Å². The lowest BCUT2D eigenvalue weighted by molar-refractivity contribution is -0.119. The Morgan fingerprint density at radius 3 is 2.60 bits per heavy atom. The fourth-order valence-corrected chi connectivity index (χ4v) is 1.67. The van der Waals surface area contributed by atoms with E-state index in [1.54, 1.807) is 28.3 Å². The third-order valence-corrected chi connectivity index (χ3v) is 2.60. The molecule has 0 bridgehead atoms. The molecule has 1 N–H and O–H groups in total. The number of H-pyrrole nitrogens is 1. The quantitative estimate of drug-likeness (QED) is 0.690.